The summed E-state index contributed by atoms with van der Waals surface area (Å²) >= 11 is 0. The standard InChI is InChI=1S/C20H19N3O/c1-2-6-17-14-23(13-16(17)5-1)22-11-9-15(10-12-22)20-18-7-3-4-8-19(18)24-21-20/h1-8,13-15H,9-12H2. The number of aromatic nitrogens is 2. The van der Waals surface area contributed by atoms with Crippen molar-refractivity contribution >= 4 is 21.7 Å². The number of benzene rings is 2. The molecule has 0 aliphatic carbocycles. The number of hydrogen-bond donors (Lipinski definition) is 0. The molecule has 4 aromatic rings. The summed E-state index contributed by atoms with van der Waals surface area (Å²) in [6.07, 6.45) is 6.65. The second kappa shape index (κ2) is 5.41. The Morgan fingerprint density at radius 1 is 0.875 bits per heavy atom. The van der Waals surface area contributed by atoms with Gasteiger partial charge in [0.1, 0.15) is 0 Å². The zero-order valence-corrected chi connectivity index (χ0v) is 13.4. The van der Waals surface area contributed by atoms with Gasteiger partial charge in [-0.1, -0.05) is 41.6 Å². The Bertz CT molecular complexity index is 959. The molecule has 0 atom stereocenters. The maximum Gasteiger partial charge on any atom is 0.167 e. The van der Waals surface area contributed by atoms with Crippen LogP contribution in [0.3, 0.4) is 0 Å². The number of para-hydroxylation sites is 1. The Morgan fingerprint density at radius 3 is 2.29 bits per heavy atom. The first-order valence-electron chi connectivity index (χ1n) is 8.55. The number of nitrogens with zero attached hydrogens (tertiary/aromatic N) is 3. The lowest BCUT2D eigenvalue weighted by Crippen LogP contribution is -2.40. The zero-order chi connectivity index (χ0) is 15.9. The Balaban J connectivity index is 1.37. The molecule has 4 nitrogen and oxygen atoms in total. The molecule has 120 valence electrons. The molecule has 0 amide bonds. The van der Waals surface area contributed by atoms with Crippen LogP contribution in [0.15, 0.2) is 65.4 Å². The van der Waals surface area contributed by atoms with Crippen molar-refractivity contribution in [1.29, 1.82) is 0 Å². The van der Waals surface area contributed by atoms with Crippen molar-refractivity contribution in [2.45, 2.75) is 18.8 Å². The van der Waals surface area contributed by atoms with Crippen LogP contribution in [0.25, 0.3) is 21.7 Å². The first kappa shape index (κ1) is 13.7. The van der Waals surface area contributed by atoms with E-state index >= 15 is 0 Å². The molecule has 2 aromatic heterocycles. The molecule has 1 saturated heterocycles. The third-order valence-corrected chi connectivity index (χ3v) is 5.13. The van der Waals surface area contributed by atoms with E-state index in [4.69, 9.17) is 4.52 Å². The van der Waals surface area contributed by atoms with E-state index in [9.17, 15) is 0 Å². The van der Waals surface area contributed by atoms with Crippen molar-refractivity contribution in [2.75, 3.05) is 18.1 Å². The zero-order valence-electron chi connectivity index (χ0n) is 13.4. The molecule has 3 heterocycles. The summed E-state index contributed by atoms with van der Waals surface area (Å²) in [4.78, 5) is 0. The Kier molecular flexibility index (Phi) is 3.08. The SMILES string of the molecule is c1ccc2cn(N3CCC(c4noc5ccccc45)CC3)cc2c1. The molecular formula is C20H19N3O. The van der Waals surface area contributed by atoms with E-state index in [1.54, 1.807) is 0 Å². The lowest BCUT2D eigenvalue weighted by molar-refractivity contribution is 0.396. The minimum Gasteiger partial charge on any atom is -0.356 e. The van der Waals surface area contributed by atoms with Gasteiger partial charge in [0.2, 0.25) is 0 Å². The molecule has 2 aromatic carbocycles. The highest BCUT2D eigenvalue weighted by molar-refractivity contribution is 5.82. The van der Waals surface area contributed by atoms with Crippen molar-refractivity contribution in [1.82, 2.24) is 9.83 Å². The van der Waals surface area contributed by atoms with Crippen LogP contribution in [0.2, 0.25) is 0 Å². The third kappa shape index (κ3) is 2.18. The van der Waals surface area contributed by atoms with E-state index in [2.05, 4.69) is 63.6 Å². The predicted octanol–water partition coefficient (Wildman–Crippen LogP) is 4.30. The summed E-state index contributed by atoms with van der Waals surface area (Å²) < 4.78 is 7.74. The monoisotopic (exact) mass is 317 g/mol. The van der Waals surface area contributed by atoms with Crippen LogP contribution in [0.4, 0.5) is 0 Å². The summed E-state index contributed by atoms with van der Waals surface area (Å²) in [5.41, 5.74) is 2.02. The Morgan fingerprint density at radius 2 is 1.54 bits per heavy atom. The average molecular weight is 317 g/mol. The van der Waals surface area contributed by atoms with Gasteiger partial charge in [0, 0.05) is 47.6 Å². The molecule has 24 heavy (non-hydrogen) atoms. The highest BCUT2D eigenvalue weighted by Gasteiger charge is 2.25. The van der Waals surface area contributed by atoms with E-state index in [0.29, 0.717) is 5.92 Å². The van der Waals surface area contributed by atoms with Gasteiger partial charge in [-0.3, -0.25) is 4.68 Å². The predicted molar refractivity (Wildman–Crippen MR) is 95.9 cm³/mol. The highest BCUT2D eigenvalue weighted by atomic mass is 16.5. The molecule has 5 rings (SSSR count). The van der Waals surface area contributed by atoms with Gasteiger partial charge in [-0.05, 0) is 25.0 Å². The molecule has 1 aliphatic rings. The second-order valence-electron chi connectivity index (χ2n) is 6.56. The van der Waals surface area contributed by atoms with Gasteiger partial charge < -0.3 is 9.53 Å². The van der Waals surface area contributed by atoms with Crippen molar-refractivity contribution in [3.63, 3.8) is 0 Å². The number of hydrogen-bond acceptors (Lipinski definition) is 3. The van der Waals surface area contributed by atoms with Gasteiger partial charge in [-0.15, -0.1) is 0 Å². The molecule has 0 saturated carbocycles. The number of rotatable bonds is 2. The van der Waals surface area contributed by atoms with Gasteiger partial charge in [-0.2, -0.15) is 0 Å². The second-order valence-corrected chi connectivity index (χ2v) is 6.56. The molecule has 1 fully saturated rings. The summed E-state index contributed by atoms with van der Waals surface area (Å²) in [6.45, 7) is 2.07. The van der Waals surface area contributed by atoms with Crippen LogP contribution in [0, 0.1) is 0 Å². The van der Waals surface area contributed by atoms with Gasteiger partial charge >= 0.3 is 0 Å². The van der Waals surface area contributed by atoms with E-state index in [1.165, 1.54) is 16.2 Å². The van der Waals surface area contributed by atoms with Crippen molar-refractivity contribution in [2.24, 2.45) is 0 Å². The van der Waals surface area contributed by atoms with Crippen LogP contribution < -0.4 is 5.01 Å². The maximum absolute atomic E-state index is 5.48. The number of fused-ring (bicyclic) bond motifs is 2. The van der Waals surface area contributed by atoms with Crippen molar-refractivity contribution in [3.05, 3.63) is 66.6 Å². The molecule has 1 aliphatic heterocycles. The van der Waals surface area contributed by atoms with Gasteiger partial charge in [0.25, 0.3) is 0 Å². The normalized spacial score (nSPS) is 16.2. The summed E-state index contributed by atoms with van der Waals surface area (Å²) in [5.74, 6) is 0.481. The van der Waals surface area contributed by atoms with Crippen LogP contribution in [0.1, 0.15) is 24.5 Å². The van der Waals surface area contributed by atoms with Crippen molar-refractivity contribution in [3.8, 4) is 0 Å². The number of piperidine rings is 1. The molecule has 0 radical (unpaired) electrons. The fraction of sp³-hybridized carbons (Fsp3) is 0.250. The van der Waals surface area contributed by atoms with Crippen LogP contribution >= 0.6 is 0 Å². The molecule has 0 unspecified atom stereocenters. The quantitative estimate of drug-likeness (QED) is 0.553. The van der Waals surface area contributed by atoms with Crippen LogP contribution in [-0.2, 0) is 0 Å². The van der Waals surface area contributed by atoms with E-state index < -0.39 is 0 Å². The highest BCUT2D eigenvalue weighted by Crippen LogP contribution is 2.32. The minimum atomic E-state index is 0.481. The van der Waals surface area contributed by atoms with Crippen LogP contribution in [-0.4, -0.2) is 22.9 Å². The maximum atomic E-state index is 5.48. The van der Waals surface area contributed by atoms with E-state index in [-0.39, 0.29) is 0 Å². The summed E-state index contributed by atoms with van der Waals surface area (Å²) in [7, 11) is 0. The van der Waals surface area contributed by atoms with E-state index in [1.807, 2.05) is 12.1 Å². The smallest absolute Gasteiger partial charge is 0.167 e. The summed E-state index contributed by atoms with van der Waals surface area (Å²) in [6, 6.07) is 16.7. The summed E-state index contributed by atoms with van der Waals surface area (Å²) in [5, 5.41) is 10.5. The first-order valence-corrected chi connectivity index (χ1v) is 8.55. The average Bonchev–Trinajstić information content (AvgIpc) is 3.26. The first-order chi connectivity index (χ1) is 11.9. The Labute approximate surface area is 140 Å². The minimum absolute atomic E-state index is 0.481. The van der Waals surface area contributed by atoms with Gasteiger partial charge in [0.15, 0.2) is 5.58 Å². The fourth-order valence-corrected chi connectivity index (χ4v) is 3.80. The fourth-order valence-electron chi connectivity index (χ4n) is 3.80. The molecule has 0 spiro atoms. The third-order valence-electron chi connectivity index (χ3n) is 5.13. The molecular weight excluding hydrogens is 298 g/mol. The van der Waals surface area contributed by atoms with Crippen molar-refractivity contribution < 1.29 is 4.52 Å². The molecule has 0 N–H and O–H groups in total. The van der Waals surface area contributed by atoms with Crippen LogP contribution in [0.5, 0.6) is 0 Å². The van der Waals surface area contributed by atoms with Gasteiger partial charge in [0.05, 0.1) is 5.69 Å². The molecule has 0 bridgehead atoms. The topological polar surface area (TPSA) is 34.2 Å². The lowest BCUT2D eigenvalue weighted by Gasteiger charge is -2.33. The lowest BCUT2D eigenvalue weighted by atomic mass is 9.92. The Hall–Kier alpha value is -2.75. The van der Waals surface area contributed by atoms with Gasteiger partial charge in [-0.25, -0.2) is 0 Å². The van der Waals surface area contributed by atoms with E-state index in [0.717, 1.165) is 37.2 Å². The molecule has 4 heteroatoms. The largest absolute Gasteiger partial charge is 0.356 e.